The highest BCUT2D eigenvalue weighted by Gasteiger charge is 2.32. The Balaban J connectivity index is 5.13. The lowest BCUT2D eigenvalue weighted by atomic mass is 10.1. The van der Waals surface area contributed by atoms with Crippen molar-refractivity contribution in [3.8, 4) is 0 Å². The first-order valence-corrected chi connectivity index (χ1v) is 9.61. The molecule has 0 rings (SSSR count). The van der Waals surface area contributed by atoms with Crippen LogP contribution >= 0.6 is 0 Å². The number of nitrogens with two attached hydrogens (primary N) is 3. The van der Waals surface area contributed by atoms with E-state index in [0.717, 1.165) is 0 Å². The Hall–Kier alpha value is -2.81. The first-order valence-electron chi connectivity index (χ1n) is 9.61. The molecule has 0 saturated carbocycles. The number of amides is 4. The number of hydrogen-bond donors (Lipinski definition) is 9. The van der Waals surface area contributed by atoms with E-state index in [0.29, 0.717) is 19.4 Å². The number of carbonyl (C=O) groups excluding carboxylic acids is 4. The van der Waals surface area contributed by atoms with Crippen molar-refractivity contribution in [3.05, 3.63) is 0 Å². The molecule has 0 bridgehead atoms. The van der Waals surface area contributed by atoms with Crippen LogP contribution < -0.4 is 33.2 Å². The summed E-state index contributed by atoms with van der Waals surface area (Å²) in [6.45, 7) is 0.653. The van der Waals surface area contributed by atoms with Crippen LogP contribution in [0.25, 0.3) is 0 Å². The van der Waals surface area contributed by atoms with Gasteiger partial charge < -0.3 is 48.5 Å². The van der Waals surface area contributed by atoms with Gasteiger partial charge in [0.15, 0.2) is 0 Å². The third kappa shape index (κ3) is 10.7. The van der Waals surface area contributed by atoms with Gasteiger partial charge in [-0.3, -0.25) is 19.2 Å². The van der Waals surface area contributed by atoms with Gasteiger partial charge in [0.2, 0.25) is 23.6 Å². The van der Waals surface area contributed by atoms with E-state index >= 15 is 0 Å². The number of rotatable bonds is 15. The molecule has 0 aliphatic rings. The lowest BCUT2D eigenvalue weighted by Crippen LogP contribution is -2.60. The van der Waals surface area contributed by atoms with Crippen LogP contribution in [0, 0.1) is 0 Å². The molecule has 5 unspecified atom stereocenters. The number of nitrogens with one attached hydrogen (secondary N) is 3. The van der Waals surface area contributed by atoms with Gasteiger partial charge in [0.05, 0.1) is 25.2 Å². The molecule has 0 fully saturated rings. The van der Waals surface area contributed by atoms with Gasteiger partial charge in [-0.1, -0.05) is 0 Å². The lowest BCUT2D eigenvalue weighted by molar-refractivity contribution is -0.143. The fraction of sp³-hybridized carbons (Fsp3) is 0.706. The number of aliphatic hydroxyl groups is 2. The second-order valence-electron chi connectivity index (χ2n) is 6.93. The van der Waals surface area contributed by atoms with Gasteiger partial charge in [0, 0.05) is 0 Å². The van der Waals surface area contributed by atoms with E-state index in [9.17, 15) is 39.3 Å². The average Bonchev–Trinajstić information content (AvgIpc) is 2.67. The summed E-state index contributed by atoms with van der Waals surface area (Å²) in [6.07, 6.45) is -0.860. The van der Waals surface area contributed by atoms with Gasteiger partial charge in [-0.15, -0.1) is 0 Å². The van der Waals surface area contributed by atoms with Crippen LogP contribution in [0.4, 0.5) is 0 Å². The largest absolute Gasteiger partial charge is 0.480 e. The fourth-order valence-electron chi connectivity index (χ4n) is 2.45. The monoisotopic (exact) mass is 448 g/mol. The predicted octanol–water partition coefficient (Wildman–Crippen LogP) is -4.77. The van der Waals surface area contributed by atoms with Crippen molar-refractivity contribution < 1.29 is 39.3 Å². The zero-order chi connectivity index (χ0) is 24.1. The third-order valence-electron chi connectivity index (χ3n) is 4.20. The summed E-state index contributed by atoms with van der Waals surface area (Å²) in [5.74, 6) is -5.12. The topological polar surface area (TPSA) is 260 Å². The first kappa shape index (κ1) is 28.2. The SMILES string of the molecule is CC(O)C(NC(=O)C(CO)NC(=O)C(N)CC(N)=O)C(=O)NC(CCCCN)C(=O)O. The summed E-state index contributed by atoms with van der Waals surface area (Å²) in [5.41, 5.74) is 15.8. The molecule has 5 atom stereocenters. The van der Waals surface area contributed by atoms with Crippen LogP contribution in [0.5, 0.6) is 0 Å². The molecule has 0 radical (unpaired) electrons. The zero-order valence-electron chi connectivity index (χ0n) is 17.2. The van der Waals surface area contributed by atoms with Gasteiger partial charge in [-0.25, -0.2) is 4.79 Å². The first-order chi connectivity index (χ1) is 14.4. The van der Waals surface area contributed by atoms with E-state index in [1.807, 2.05) is 0 Å². The minimum atomic E-state index is -1.57. The Morgan fingerprint density at radius 3 is 1.97 bits per heavy atom. The van der Waals surface area contributed by atoms with Crippen molar-refractivity contribution >= 4 is 29.6 Å². The van der Waals surface area contributed by atoms with Crippen LogP contribution in [-0.4, -0.2) is 88.3 Å². The molecule has 14 nitrogen and oxygen atoms in total. The van der Waals surface area contributed by atoms with Crippen LogP contribution in [0.1, 0.15) is 32.6 Å². The summed E-state index contributed by atoms with van der Waals surface area (Å²) >= 11 is 0. The molecule has 0 aromatic rings. The van der Waals surface area contributed by atoms with Gasteiger partial charge in [0.1, 0.15) is 18.1 Å². The van der Waals surface area contributed by atoms with Crippen molar-refractivity contribution in [3.63, 3.8) is 0 Å². The number of hydrogen-bond acceptors (Lipinski definition) is 9. The summed E-state index contributed by atoms with van der Waals surface area (Å²) in [5, 5.41) is 34.9. The maximum atomic E-state index is 12.4. The Morgan fingerprint density at radius 2 is 1.52 bits per heavy atom. The van der Waals surface area contributed by atoms with Crippen LogP contribution in [0.2, 0.25) is 0 Å². The van der Waals surface area contributed by atoms with Crippen molar-refractivity contribution in [2.75, 3.05) is 13.2 Å². The maximum absolute atomic E-state index is 12.4. The summed E-state index contributed by atoms with van der Waals surface area (Å²) in [4.78, 5) is 58.9. The van der Waals surface area contributed by atoms with E-state index in [1.54, 1.807) is 0 Å². The Kier molecular flexibility index (Phi) is 12.9. The minimum absolute atomic E-state index is 0.0891. The van der Waals surface area contributed by atoms with Gasteiger partial charge >= 0.3 is 5.97 Å². The molecule has 178 valence electrons. The highest BCUT2D eigenvalue weighted by atomic mass is 16.4. The predicted molar refractivity (Wildman–Crippen MR) is 107 cm³/mol. The molecule has 12 N–H and O–H groups in total. The van der Waals surface area contributed by atoms with Gasteiger partial charge in [0.25, 0.3) is 0 Å². The average molecular weight is 448 g/mol. The highest BCUT2D eigenvalue weighted by Crippen LogP contribution is 2.03. The van der Waals surface area contributed by atoms with Gasteiger partial charge in [-0.05, 0) is 32.7 Å². The Bertz CT molecular complexity index is 644. The molecular formula is C17H32N6O8. The van der Waals surface area contributed by atoms with Crippen LogP contribution in [0.3, 0.4) is 0 Å². The molecule has 0 saturated heterocycles. The van der Waals surface area contributed by atoms with Crippen molar-refractivity contribution in [1.29, 1.82) is 0 Å². The van der Waals surface area contributed by atoms with E-state index in [4.69, 9.17) is 17.2 Å². The number of primary amides is 1. The normalized spacial score (nSPS) is 15.6. The van der Waals surface area contributed by atoms with Crippen LogP contribution in [-0.2, 0) is 24.0 Å². The third-order valence-corrected chi connectivity index (χ3v) is 4.20. The standard InChI is InChI=1S/C17H32N6O8/c1-8(25)13(16(29)21-10(17(30)31)4-2-3-5-18)23-15(28)11(7-24)22-14(27)9(19)6-12(20)26/h8-11,13,24-25H,2-7,18-19H2,1H3,(H2,20,26)(H,21,29)(H,22,27)(H,23,28)(H,30,31). The molecule has 31 heavy (non-hydrogen) atoms. The van der Waals surface area contributed by atoms with Gasteiger partial charge in [-0.2, -0.15) is 0 Å². The zero-order valence-corrected chi connectivity index (χ0v) is 17.2. The van der Waals surface area contributed by atoms with E-state index < -0.39 is 72.9 Å². The van der Waals surface area contributed by atoms with Crippen LogP contribution in [0.15, 0.2) is 0 Å². The molecule has 0 aliphatic carbocycles. The van der Waals surface area contributed by atoms with Crippen molar-refractivity contribution in [2.24, 2.45) is 17.2 Å². The second-order valence-corrected chi connectivity index (χ2v) is 6.93. The number of aliphatic hydroxyl groups excluding tert-OH is 2. The Labute approximate surface area is 178 Å². The fourth-order valence-corrected chi connectivity index (χ4v) is 2.45. The number of aliphatic carboxylic acids is 1. The Morgan fingerprint density at radius 1 is 0.935 bits per heavy atom. The molecule has 4 amide bonds. The molecule has 0 spiro atoms. The molecule has 0 aromatic carbocycles. The summed E-state index contributed by atoms with van der Waals surface area (Å²) in [7, 11) is 0. The molecule has 0 heterocycles. The molecule has 0 aromatic heterocycles. The number of carboxylic acids is 1. The van der Waals surface area contributed by atoms with Crippen molar-refractivity contribution in [2.45, 2.75) is 62.9 Å². The van der Waals surface area contributed by atoms with E-state index in [1.165, 1.54) is 6.92 Å². The second kappa shape index (κ2) is 14.2. The highest BCUT2D eigenvalue weighted by molar-refractivity contribution is 5.95. The number of carbonyl (C=O) groups is 5. The lowest BCUT2D eigenvalue weighted by Gasteiger charge is -2.25. The number of carboxylic acid groups (broad SMARTS) is 1. The van der Waals surface area contributed by atoms with Crippen molar-refractivity contribution in [1.82, 2.24) is 16.0 Å². The quantitative estimate of drug-likeness (QED) is 0.108. The summed E-state index contributed by atoms with van der Waals surface area (Å²) < 4.78 is 0. The number of unbranched alkanes of at least 4 members (excludes halogenated alkanes) is 1. The minimum Gasteiger partial charge on any atom is -0.480 e. The van der Waals surface area contributed by atoms with E-state index in [2.05, 4.69) is 16.0 Å². The molecular weight excluding hydrogens is 416 g/mol. The molecule has 14 heteroatoms. The maximum Gasteiger partial charge on any atom is 0.326 e. The summed E-state index contributed by atoms with van der Waals surface area (Å²) in [6, 6.07) is -5.76. The van der Waals surface area contributed by atoms with E-state index in [-0.39, 0.29) is 6.42 Å². The smallest absolute Gasteiger partial charge is 0.326 e. The molecule has 0 aliphatic heterocycles.